The molecule has 17 heavy (non-hydrogen) atoms. The van der Waals surface area contributed by atoms with Gasteiger partial charge in [-0.2, -0.15) is 0 Å². The molecule has 0 bridgehead atoms. The first-order valence-electron chi connectivity index (χ1n) is 5.66. The van der Waals surface area contributed by atoms with Crippen LogP contribution in [0.4, 0.5) is 0 Å². The van der Waals surface area contributed by atoms with E-state index in [-0.39, 0.29) is 6.61 Å². The lowest BCUT2D eigenvalue weighted by atomic mass is 9.81. The quantitative estimate of drug-likeness (QED) is 0.832. The standard InChI is InChI=1S/C13H16O4/c1-13(16)6-5-10-9(7-13)3-2-4-11(10)17-8-12(14)15/h2-4,16H,5-8H2,1H3,(H,14,15)/t13-/m0/s1. The molecule has 0 saturated heterocycles. The third-order valence-corrected chi connectivity index (χ3v) is 3.07. The molecule has 2 N–H and O–H groups in total. The van der Waals surface area contributed by atoms with E-state index in [1.807, 2.05) is 19.1 Å². The number of aliphatic carboxylic acids is 1. The number of hydrogen-bond donors (Lipinski definition) is 2. The van der Waals surface area contributed by atoms with Crippen LogP contribution in [-0.2, 0) is 17.6 Å². The summed E-state index contributed by atoms with van der Waals surface area (Å²) in [5.74, 6) is -0.356. The van der Waals surface area contributed by atoms with Crippen molar-refractivity contribution in [1.29, 1.82) is 0 Å². The van der Waals surface area contributed by atoms with Gasteiger partial charge in [0.25, 0.3) is 0 Å². The van der Waals surface area contributed by atoms with Gasteiger partial charge in [0.15, 0.2) is 6.61 Å². The van der Waals surface area contributed by atoms with Crippen LogP contribution in [0, 0.1) is 0 Å². The first-order valence-corrected chi connectivity index (χ1v) is 5.66. The van der Waals surface area contributed by atoms with Crippen LogP contribution in [0.2, 0.25) is 0 Å². The van der Waals surface area contributed by atoms with E-state index in [1.54, 1.807) is 6.07 Å². The Hall–Kier alpha value is -1.55. The SMILES string of the molecule is C[C@]1(O)CCc2c(cccc2OCC(=O)O)C1. The number of aliphatic hydroxyl groups is 1. The predicted octanol–water partition coefficient (Wildman–Crippen LogP) is 1.39. The highest BCUT2D eigenvalue weighted by atomic mass is 16.5. The van der Waals surface area contributed by atoms with Gasteiger partial charge in [0.1, 0.15) is 5.75 Å². The summed E-state index contributed by atoms with van der Waals surface area (Å²) in [6.07, 6.45) is 1.98. The van der Waals surface area contributed by atoms with E-state index >= 15 is 0 Å². The number of fused-ring (bicyclic) bond motifs is 1. The normalized spacial score (nSPS) is 22.9. The van der Waals surface area contributed by atoms with Crippen molar-refractivity contribution < 1.29 is 19.7 Å². The average molecular weight is 236 g/mol. The van der Waals surface area contributed by atoms with Crippen LogP contribution < -0.4 is 4.74 Å². The molecular weight excluding hydrogens is 220 g/mol. The Morgan fingerprint density at radius 3 is 3.00 bits per heavy atom. The van der Waals surface area contributed by atoms with Crippen molar-refractivity contribution in [2.75, 3.05) is 6.61 Å². The van der Waals surface area contributed by atoms with Crippen LogP contribution in [0.25, 0.3) is 0 Å². The van der Waals surface area contributed by atoms with Crippen molar-refractivity contribution in [2.45, 2.75) is 31.8 Å². The van der Waals surface area contributed by atoms with Gasteiger partial charge in [-0.3, -0.25) is 0 Å². The number of carboxylic acids is 1. The number of benzene rings is 1. The summed E-state index contributed by atoms with van der Waals surface area (Å²) in [7, 11) is 0. The van der Waals surface area contributed by atoms with Crippen LogP contribution >= 0.6 is 0 Å². The van der Waals surface area contributed by atoms with Crippen molar-refractivity contribution in [3.8, 4) is 5.75 Å². The van der Waals surface area contributed by atoms with Gasteiger partial charge in [0, 0.05) is 6.42 Å². The molecule has 1 aromatic rings. The number of hydrogen-bond acceptors (Lipinski definition) is 3. The molecule has 1 aliphatic rings. The summed E-state index contributed by atoms with van der Waals surface area (Å²) in [6.45, 7) is 1.49. The van der Waals surface area contributed by atoms with Gasteiger partial charge in [-0.15, -0.1) is 0 Å². The van der Waals surface area contributed by atoms with Crippen LogP contribution in [0.1, 0.15) is 24.5 Å². The number of ether oxygens (including phenoxy) is 1. The van der Waals surface area contributed by atoms with Crippen molar-refractivity contribution >= 4 is 5.97 Å². The zero-order valence-electron chi connectivity index (χ0n) is 9.77. The fourth-order valence-corrected chi connectivity index (χ4v) is 2.23. The fraction of sp³-hybridized carbons (Fsp3) is 0.462. The van der Waals surface area contributed by atoms with Gasteiger partial charge in [-0.05, 0) is 37.0 Å². The molecule has 0 aromatic heterocycles. The number of carboxylic acid groups (broad SMARTS) is 1. The summed E-state index contributed by atoms with van der Waals surface area (Å²) in [4.78, 5) is 10.5. The molecule has 1 aliphatic carbocycles. The van der Waals surface area contributed by atoms with Crippen LogP contribution in [-0.4, -0.2) is 28.4 Å². The highest BCUT2D eigenvalue weighted by Crippen LogP contribution is 2.33. The maximum atomic E-state index is 10.5. The van der Waals surface area contributed by atoms with Crippen molar-refractivity contribution in [3.63, 3.8) is 0 Å². The Morgan fingerprint density at radius 2 is 2.29 bits per heavy atom. The second-order valence-corrected chi connectivity index (χ2v) is 4.75. The number of rotatable bonds is 3. The van der Waals surface area contributed by atoms with E-state index in [0.717, 1.165) is 17.5 Å². The minimum Gasteiger partial charge on any atom is -0.482 e. The van der Waals surface area contributed by atoms with E-state index in [9.17, 15) is 9.90 Å². The third kappa shape index (κ3) is 2.77. The van der Waals surface area contributed by atoms with Crippen LogP contribution in [0.3, 0.4) is 0 Å². The maximum Gasteiger partial charge on any atom is 0.341 e. The Bertz CT molecular complexity index is 437. The van der Waals surface area contributed by atoms with Gasteiger partial charge in [-0.25, -0.2) is 4.79 Å². The molecule has 0 aliphatic heterocycles. The molecule has 2 rings (SSSR count). The third-order valence-electron chi connectivity index (χ3n) is 3.07. The molecule has 0 spiro atoms. The first-order chi connectivity index (χ1) is 7.98. The van der Waals surface area contributed by atoms with Crippen LogP contribution in [0.15, 0.2) is 18.2 Å². The smallest absolute Gasteiger partial charge is 0.341 e. The van der Waals surface area contributed by atoms with Gasteiger partial charge >= 0.3 is 5.97 Å². The topological polar surface area (TPSA) is 66.8 Å². The summed E-state index contributed by atoms with van der Waals surface area (Å²) in [5.41, 5.74) is 1.41. The van der Waals surface area contributed by atoms with Crippen molar-refractivity contribution in [2.24, 2.45) is 0 Å². The zero-order chi connectivity index (χ0) is 12.5. The minimum atomic E-state index is -0.981. The minimum absolute atomic E-state index is 0.327. The Balaban J connectivity index is 2.23. The second kappa shape index (κ2) is 4.37. The molecule has 0 unspecified atom stereocenters. The molecular formula is C13H16O4. The molecule has 0 fully saturated rings. The molecule has 0 amide bonds. The van der Waals surface area contributed by atoms with Gasteiger partial charge in [0.2, 0.25) is 0 Å². The molecule has 0 heterocycles. The largest absolute Gasteiger partial charge is 0.482 e. The maximum absolute atomic E-state index is 10.5. The highest BCUT2D eigenvalue weighted by Gasteiger charge is 2.28. The summed E-state index contributed by atoms with van der Waals surface area (Å²) in [6, 6.07) is 5.57. The second-order valence-electron chi connectivity index (χ2n) is 4.75. The molecule has 4 heteroatoms. The number of carbonyl (C=O) groups is 1. The van der Waals surface area contributed by atoms with E-state index < -0.39 is 11.6 Å². The molecule has 1 aromatic carbocycles. The van der Waals surface area contributed by atoms with Gasteiger partial charge in [-0.1, -0.05) is 12.1 Å². The molecule has 0 radical (unpaired) electrons. The van der Waals surface area contributed by atoms with E-state index in [2.05, 4.69) is 0 Å². The zero-order valence-corrected chi connectivity index (χ0v) is 9.77. The monoisotopic (exact) mass is 236 g/mol. The lowest BCUT2D eigenvalue weighted by Crippen LogP contribution is -2.32. The van der Waals surface area contributed by atoms with E-state index in [0.29, 0.717) is 18.6 Å². The van der Waals surface area contributed by atoms with Gasteiger partial charge in [0.05, 0.1) is 5.60 Å². The Kier molecular flexibility index (Phi) is 3.07. The van der Waals surface area contributed by atoms with Crippen molar-refractivity contribution in [3.05, 3.63) is 29.3 Å². The summed E-state index contributed by atoms with van der Waals surface area (Å²) >= 11 is 0. The average Bonchev–Trinajstić information content (AvgIpc) is 2.24. The van der Waals surface area contributed by atoms with Crippen LogP contribution in [0.5, 0.6) is 5.75 Å². The van der Waals surface area contributed by atoms with E-state index in [1.165, 1.54) is 0 Å². The molecule has 4 nitrogen and oxygen atoms in total. The molecule has 0 saturated carbocycles. The fourth-order valence-electron chi connectivity index (χ4n) is 2.23. The lowest BCUT2D eigenvalue weighted by molar-refractivity contribution is -0.139. The highest BCUT2D eigenvalue weighted by molar-refractivity contribution is 5.68. The Morgan fingerprint density at radius 1 is 1.53 bits per heavy atom. The Labute approximate surface area is 99.8 Å². The predicted molar refractivity (Wildman–Crippen MR) is 62.2 cm³/mol. The molecule has 1 atom stereocenters. The molecule has 92 valence electrons. The van der Waals surface area contributed by atoms with Crippen molar-refractivity contribution in [1.82, 2.24) is 0 Å². The lowest BCUT2D eigenvalue weighted by Gasteiger charge is -2.30. The van der Waals surface area contributed by atoms with E-state index in [4.69, 9.17) is 9.84 Å². The summed E-state index contributed by atoms with van der Waals surface area (Å²) in [5, 5.41) is 18.6. The summed E-state index contributed by atoms with van der Waals surface area (Å²) < 4.78 is 5.25. The first kappa shape index (κ1) is 11.9. The van der Waals surface area contributed by atoms with Gasteiger partial charge < -0.3 is 14.9 Å².